The van der Waals surface area contributed by atoms with Gasteiger partial charge in [0.25, 0.3) is 0 Å². The van der Waals surface area contributed by atoms with Crippen LogP contribution in [0.15, 0.2) is 47.4 Å². The van der Waals surface area contributed by atoms with Crippen molar-refractivity contribution in [1.82, 2.24) is 4.98 Å². The predicted molar refractivity (Wildman–Crippen MR) is 90.9 cm³/mol. The van der Waals surface area contributed by atoms with Crippen molar-refractivity contribution in [1.29, 1.82) is 0 Å². The average molecular weight is 348 g/mol. The van der Waals surface area contributed by atoms with E-state index in [1.807, 2.05) is 30.5 Å². The summed E-state index contributed by atoms with van der Waals surface area (Å²) in [5, 5.41) is 9.74. The second kappa shape index (κ2) is 6.18. The molecule has 0 spiro atoms. The van der Waals surface area contributed by atoms with Crippen LogP contribution in [0.2, 0.25) is 5.02 Å². The topological polar surface area (TPSA) is 50.2 Å². The molecule has 0 fully saturated rings. The molecule has 2 aromatic carbocycles. The van der Waals surface area contributed by atoms with Gasteiger partial charge in [-0.25, -0.2) is 14.2 Å². The van der Waals surface area contributed by atoms with Crippen LogP contribution in [-0.4, -0.2) is 22.3 Å². The maximum atomic E-state index is 14.2. The Balaban J connectivity index is 2.27. The number of rotatable bonds is 3. The van der Waals surface area contributed by atoms with Gasteiger partial charge in [0.15, 0.2) is 5.82 Å². The molecule has 1 heterocycles. The van der Waals surface area contributed by atoms with Gasteiger partial charge in [0.05, 0.1) is 11.3 Å². The van der Waals surface area contributed by atoms with Gasteiger partial charge in [-0.1, -0.05) is 23.7 Å². The third-order valence-corrected chi connectivity index (χ3v) is 4.41. The highest BCUT2D eigenvalue weighted by Gasteiger charge is 2.16. The molecule has 3 aromatic rings. The number of aromatic carboxylic acids is 1. The lowest BCUT2D eigenvalue weighted by Crippen LogP contribution is -2.01. The first-order valence-corrected chi connectivity index (χ1v) is 8.27. The summed E-state index contributed by atoms with van der Waals surface area (Å²) in [6.45, 7) is 0. The average Bonchev–Trinajstić information content (AvgIpc) is 2.54. The zero-order chi connectivity index (χ0) is 16.6. The first kappa shape index (κ1) is 15.8. The third kappa shape index (κ3) is 3.02. The summed E-state index contributed by atoms with van der Waals surface area (Å²) in [7, 11) is 0. The zero-order valence-electron chi connectivity index (χ0n) is 12.0. The lowest BCUT2D eigenvalue weighted by Gasteiger charge is -2.09. The first-order valence-electron chi connectivity index (χ1n) is 6.67. The summed E-state index contributed by atoms with van der Waals surface area (Å²) >= 11 is 7.43. The van der Waals surface area contributed by atoms with E-state index in [1.54, 1.807) is 11.8 Å². The number of benzene rings is 2. The molecule has 116 valence electrons. The number of halogens is 2. The van der Waals surface area contributed by atoms with Crippen LogP contribution in [0.4, 0.5) is 4.39 Å². The summed E-state index contributed by atoms with van der Waals surface area (Å²) in [6, 6.07) is 11.5. The van der Waals surface area contributed by atoms with Gasteiger partial charge >= 0.3 is 5.97 Å². The van der Waals surface area contributed by atoms with Gasteiger partial charge in [0.2, 0.25) is 0 Å². The maximum Gasteiger partial charge on any atom is 0.336 e. The van der Waals surface area contributed by atoms with Crippen molar-refractivity contribution in [3.8, 4) is 11.3 Å². The lowest BCUT2D eigenvalue weighted by atomic mass is 10.0. The molecule has 0 aliphatic heterocycles. The molecule has 0 aliphatic carbocycles. The van der Waals surface area contributed by atoms with E-state index in [4.69, 9.17) is 11.6 Å². The van der Waals surface area contributed by atoms with Crippen molar-refractivity contribution in [2.24, 2.45) is 0 Å². The van der Waals surface area contributed by atoms with Crippen molar-refractivity contribution in [3.63, 3.8) is 0 Å². The summed E-state index contributed by atoms with van der Waals surface area (Å²) in [5.41, 5.74) is 1.10. The minimum atomic E-state index is -1.15. The van der Waals surface area contributed by atoms with E-state index in [9.17, 15) is 14.3 Å². The number of nitrogens with zero attached hydrogens (tertiary/aromatic N) is 1. The normalized spacial score (nSPS) is 10.9. The van der Waals surface area contributed by atoms with Crippen molar-refractivity contribution < 1.29 is 14.3 Å². The fourth-order valence-electron chi connectivity index (χ4n) is 2.34. The summed E-state index contributed by atoms with van der Waals surface area (Å²) in [6.07, 6.45) is 1.96. The fourth-order valence-corrected chi connectivity index (χ4v) is 2.95. The molecular formula is C17H11ClFNO2S. The van der Waals surface area contributed by atoms with Crippen LogP contribution in [0.25, 0.3) is 22.2 Å². The molecule has 0 atom stereocenters. The largest absolute Gasteiger partial charge is 0.478 e. The van der Waals surface area contributed by atoms with E-state index in [0.29, 0.717) is 5.69 Å². The summed E-state index contributed by atoms with van der Waals surface area (Å²) < 4.78 is 14.2. The Morgan fingerprint density at radius 2 is 1.91 bits per heavy atom. The number of pyridine rings is 1. The number of hydrogen-bond donors (Lipinski definition) is 1. The molecule has 1 aromatic heterocycles. The minimum Gasteiger partial charge on any atom is -0.478 e. The van der Waals surface area contributed by atoms with E-state index < -0.39 is 11.8 Å². The van der Waals surface area contributed by atoms with Crippen LogP contribution in [0.5, 0.6) is 0 Å². The second-order valence-electron chi connectivity index (χ2n) is 4.87. The molecule has 6 heteroatoms. The summed E-state index contributed by atoms with van der Waals surface area (Å²) in [5.74, 6) is -1.79. The van der Waals surface area contributed by atoms with Crippen molar-refractivity contribution in [2.75, 3.05) is 6.26 Å². The van der Waals surface area contributed by atoms with Crippen LogP contribution < -0.4 is 0 Å². The molecule has 0 saturated carbocycles. The Labute approximate surface area is 141 Å². The third-order valence-electron chi connectivity index (χ3n) is 3.45. The maximum absolute atomic E-state index is 14.2. The van der Waals surface area contributed by atoms with Crippen LogP contribution in [0.1, 0.15) is 10.4 Å². The molecule has 3 nitrogen and oxygen atoms in total. The highest BCUT2D eigenvalue weighted by Crippen LogP contribution is 2.29. The first-order chi connectivity index (χ1) is 11.0. The number of aromatic nitrogens is 1. The minimum absolute atomic E-state index is 0.00163. The van der Waals surface area contributed by atoms with E-state index in [0.717, 1.165) is 16.5 Å². The number of carbonyl (C=O) groups is 1. The molecule has 3 rings (SSSR count). The van der Waals surface area contributed by atoms with Gasteiger partial charge in [-0.2, -0.15) is 0 Å². The lowest BCUT2D eigenvalue weighted by molar-refractivity contribution is 0.0699. The van der Waals surface area contributed by atoms with Crippen molar-refractivity contribution in [3.05, 3.63) is 58.9 Å². The summed E-state index contributed by atoms with van der Waals surface area (Å²) in [4.78, 5) is 16.9. The number of fused-ring (bicyclic) bond motifs is 1. The smallest absolute Gasteiger partial charge is 0.336 e. The SMILES string of the molecule is CSc1ccc(-c2cc(C(=O)O)c3cc(Cl)cc(F)c3n2)cc1. The van der Waals surface area contributed by atoms with Crippen molar-refractivity contribution >= 4 is 40.2 Å². The molecule has 0 aliphatic rings. The Hall–Kier alpha value is -2.11. The van der Waals surface area contributed by atoms with Gasteiger partial charge < -0.3 is 5.11 Å². The Morgan fingerprint density at radius 1 is 1.22 bits per heavy atom. The van der Waals surface area contributed by atoms with Crippen LogP contribution in [0.3, 0.4) is 0 Å². The molecule has 0 bridgehead atoms. The van der Waals surface area contributed by atoms with E-state index >= 15 is 0 Å². The number of carboxylic acids is 1. The molecule has 23 heavy (non-hydrogen) atoms. The standard InChI is InChI=1S/C17H11ClFNO2S/c1-23-11-4-2-9(3-5-11)15-8-13(17(21)22)12-6-10(18)7-14(19)16(12)20-15/h2-8H,1H3,(H,21,22). The highest BCUT2D eigenvalue weighted by molar-refractivity contribution is 7.98. The Morgan fingerprint density at radius 3 is 2.52 bits per heavy atom. The van der Waals surface area contributed by atoms with Crippen LogP contribution >= 0.6 is 23.4 Å². The van der Waals surface area contributed by atoms with Gasteiger partial charge in [0, 0.05) is 20.9 Å². The van der Waals surface area contributed by atoms with Gasteiger partial charge in [-0.3, -0.25) is 0 Å². The van der Waals surface area contributed by atoms with E-state index in [1.165, 1.54) is 12.1 Å². The van der Waals surface area contributed by atoms with Crippen molar-refractivity contribution in [2.45, 2.75) is 4.90 Å². The molecule has 0 unspecified atom stereocenters. The molecule has 0 radical (unpaired) electrons. The Bertz CT molecular complexity index is 913. The number of hydrogen-bond acceptors (Lipinski definition) is 3. The number of carboxylic acid groups (broad SMARTS) is 1. The van der Waals surface area contributed by atoms with Gasteiger partial charge in [-0.05, 0) is 36.6 Å². The molecule has 0 amide bonds. The van der Waals surface area contributed by atoms with E-state index in [-0.39, 0.29) is 21.5 Å². The van der Waals surface area contributed by atoms with Gasteiger partial charge in [0.1, 0.15) is 5.52 Å². The van der Waals surface area contributed by atoms with E-state index in [2.05, 4.69) is 4.98 Å². The quantitative estimate of drug-likeness (QED) is 0.668. The highest BCUT2D eigenvalue weighted by atomic mass is 35.5. The molecule has 0 saturated heterocycles. The second-order valence-corrected chi connectivity index (χ2v) is 6.19. The fraction of sp³-hybridized carbons (Fsp3) is 0.0588. The predicted octanol–water partition coefficient (Wildman–Crippen LogP) is 5.11. The molecule has 1 N–H and O–H groups in total. The Kier molecular flexibility index (Phi) is 4.24. The zero-order valence-corrected chi connectivity index (χ0v) is 13.6. The van der Waals surface area contributed by atoms with Gasteiger partial charge in [-0.15, -0.1) is 11.8 Å². The molecular weight excluding hydrogens is 337 g/mol. The van der Waals surface area contributed by atoms with Crippen LogP contribution in [0, 0.1) is 5.82 Å². The number of thioether (sulfide) groups is 1. The van der Waals surface area contributed by atoms with Crippen LogP contribution in [-0.2, 0) is 0 Å². The monoisotopic (exact) mass is 347 g/mol.